The van der Waals surface area contributed by atoms with Crippen molar-refractivity contribution >= 4 is 5.78 Å². The number of ketones is 1. The van der Waals surface area contributed by atoms with Gasteiger partial charge in [0, 0.05) is 31.5 Å². The van der Waals surface area contributed by atoms with Gasteiger partial charge in [-0.1, -0.05) is 20.8 Å². The lowest BCUT2D eigenvalue weighted by atomic mass is 9.75. The number of carbonyl (C=O) groups excluding carboxylic acids is 1. The maximum atomic E-state index is 12.2. The quantitative estimate of drug-likeness (QED) is 0.717. The van der Waals surface area contributed by atoms with Gasteiger partial charge in [0.2, 0.25) is 0 Å². The van der Waals surface area contributed by atoms with Gasteiger partial charge in [0.05, 0.1) is 0 Å². The predicted molar refractivity (Wildman–Crippen MR) is 85.9 cm³/mol. The van der Waals surface area contributed by atoms with E-state index in [-0.39, 0.29) is 5.92 Å². The Morgan fingerprint density at radius 3 is 2.40 bits per heavy atom. The molecular weight excluding hydrogens is 248 g/mol. The number of likely N-dealkylation sites (N-methyl/N-ethyl adjacent to an activating group) is 2. The molecule has 0 saturated heterocycles. The Kier molecular flexibility index (Phi) is 7.18. The molecule has 0 radical (unpaired) electrons. The van der Waals surface area contributed by atoms with Gasteiger partial charge in [-0.15, -0.1) is 0 Å². The van der Waals surface area contributed by atoms with E-state index in [2.05, 4.69) is 51.6 Å². The van der Waals surface area contributed by atoms with Crippen molar-refractivity contribution in [2.45, 2.75) is 53.0 Å². The second-order valence-electron chi connectivity index (χ2n) is 7.14. The summed E-state index contributed by atoms with van der Waals surface area (Å²) in [4.78, 5) is 16.9. The predicted octanol–water partition coefficient (Wildman–Crippen LogP) is 2.90. The van der Waals surface area contributed by atoms with E-state index in [1.54, 1.807) is 0 Å². The monoisotopic (exact) mass is 282 g/mol. The molecule has 1 aliphatic rings. The summed E-state index contributed by atoms with van der Waals surface area (Å²) in [6.07, 6.45) is 3.00. The van der Waals surface area contributed by atoms with Crippen molar-refractivity contribution in [3.8, 4) is 0 Å². The average Bonchev–Trinajstić information content (AvgIpc) is 2.36. The van der Waals surface area contributed by atoms with Gasteiger partial charge in [0.25, 0.3) is 0 Å². The Balaban J connectivity index is 2.60. The van der Waals surface area contributed by atoms with Crippen molar-refractivity contribution in [1.82, 2.24) is 9.80 Å². The molecule has 0 heterocycles. The van der Waals surface area contributed by atoms with Gasteiger partial charge in [0.15, 0.2) is 0 Å². The third-order valence-corrected chi connectivity index (χ3v) is 4.86. The fourth-order valence-electron chi connectivity index (χ4n) is 3.48. The van der Waals surface area contributed by atoms with Crippen LogP contribution in [-0.4, -0.2) is 55.4 Å². The Morgan fingerprint density at radius 1 is 1.25 bits per heavy atom. The molecule has 20 heavy (non-hydrogen) atoms. The maximum absolute atomic E-state index is 12.2. The number of hydrogen-bond acceptors (Lipinski definition) is 3. The van der Waals surface area contributed by atoms with Crippen LogP contribution in [0.2, 0.25) is 0 Å². The largest absolute Gasteiger partial charge is 0.308 e. The summed E-state index contributed by atoms with van der Waals surface area (Å²) in [5.41, 5.74) is 0. The first kappa shape index (κ1) is 17.6. The van der Waals surface area contributed by atoms with E-state index in [4.69, 9.17) is 0 Å². The molecule has 3 heteroatoms. The van der Waals surface area contributed by atoms with Crippen LogP contribution in [0.3, 0.4) is 0 Å². The second kappa shape index (κ2) is 8.14. The van der Waals surface area contributed by atoms with Gasteiger partial charge < -0.3 is 4.90 Å². The molecule has 1 fully saturated rings. The summed E-state index contributed by atoms with van der Waals surface area (Å²) in [6, 6.07) is 0.516. The smallest absolute Gasteiger partial charge is 0.137 e. The highest BCUT2D eigenvalue weighted by atomic mass is 16.1. The van der Waals surface area contributed by atoms with Crippen LogP contribution in [-0.2, 0) is 4.79 Å². The van der Waals surface area contributed by atoms with Crippen molar-refractivity contribution in [3.63, 3.8) is 0 Å². The van der Waals surface area contributed by atoms with Crippen molar-refractivity contribution < 1.29 is 4.79 Å². The summed E-state index contributed by atoms with van der Waals surface area (Å²) in [6.45, 7) is 12.1. The number of carbonyl (C=O) groups is 1. The maximum Gasteiger partial charge on any atom is 0.137 e. The standard InChI is InChI=1S/C17H34N2O/c1-7-19(14(4)11-18(5)6)12-16-10-15(13(2)3)8-9-17(16)20/h13-16H,7-12H2,1-6H3. The van der Waals surface area contributed by atoms with Crippen molar-refractivity contribution in [2.75, 3.05) is 33.7 Å². The Labute approximate surface area is 125 Å². The lowest BCUT2D eigenvalue weighted by molar-refractivity contribution is -0.126. The van der Waals surface area contributed by atoms with Crippen LogP contribution in [0.25, 0.3) is 0 Å². The lowest BCUT2D eigenvalue weighted by Gasteiger charge is -2.36. The molecule has 0 bridgehead atoms. The third kappa shape index (κ3) is 5.17. The van der Waals surface area contributed by atoms with E-state index in [0.717, 1.165) is 44.8 Å². The van der Waals surface area contributed by atoms with Gasteiger partial charge in [-0.3, -0.25) is 9.69 Å². The summed E-state index contributed by atoms with van der Waals surface area (Å²) in [5.74, 6) is 2.21. The Hall–Kier alpha value is -0.410. The molecule has 0 aromatic heterocycles. The molecule has 0 N–H and O–H groups in total. The van der Waals surface area contributed by atoms with E-state index >= 15 is 0 Å². The summed E-state index contributed by atoms with van der Waals surface area (Å²) in [7, 11) is 4.23. The molecular formula is C17H34N2O. The fourth-order valence-corrected chi connectivity index (χ4v) is 3.48. The second-order valence-corrected chi connectivity index (χ2v) is 7.14. The van der Waals surface area contributed by atoms with Crippen LogP contribution >= 0.6 is 0 Å². The first-order valence-electron chi connectivity index (χ1n) is 8.26. The van der Waals surface area contributed by atoms with Crippen LogP contribution in [0, 0.1) is 17.8 Å². The molecule has 3 atom stereocenters. The summed E-state index contributed by atoms with van der Waals surface area (Å²) in [5, 5.41) is 0. The van der Waals surface area contributed by atoms with Crippen LogP contribution in [0.15, 0.2) is 0 Å². The molecule has 3 nitrogen and oxygen atoms in total. The van der Waals surface area contributed by atoms with Gasteiger partial charge >= 0.3 is 0 Å². The molecule has 0 aromatic carbocycles. The molecule has 1 rings (SSSR count). The molecule has 0 spiro atoms. The Morgan fingerprint density at radius 2 is 1.90 bits per heavy atom. The van der Waals surface area contributed by atoms with Crippen molar-refractivity contribution in [1.29, 1.82) is 0 Å². The number of hydrogen-bond donors (Lipinski definition) is 0. The number of rotatable bonds is 7. The van der Waals surface area contributed by atoms with E-state index in [9.17, 15) is 4.79 Å². The average molecular weight is 282 g/mol. The zero-order valence-corrected chi connectivity index (χ0v) is 14.4. The highest BCUT2D eigenvalue weighted by molar-refractivity contribution is 5.82. The minimum Gasteiger partial charge on any atom is -0.308 e. The zero-order chi connectivity index (χ0) is 15.3. The fraction of sp³-hybridized carbons (Fsp3) is 0.941. The molecule has 1 aliphatic carbocycles. The minimum atomic E-state index is 0.265. The van der Waals surface area contributed by atoms with Crippen LogP contribution in [0.5, 0.6) is 0 Å². The molecule has 3 unspecified atom stereocenters. The lowest BCUT2D eigenvalue weighted by Crippen LogP contribution is -2.45. The van der Waals surface area contributed by atoms with Crippen LogP contribution in [0.4, 0.5) is 0 Å². The molecule has 0 aromatic rings. The van der Waals surface area contributed by atoms with Gasteiger partial charge in [0.1, 0.15) is 5.78 Å². The third-order valence-electron chi connectivity index (χ3n) is 4.86. The van der Waals surface area contributed by atoms with Crippen LogP contribution < -0.4 is 0 Å². The summed E-state index contributed by atoms with van der Waals surface area (Å²) >= 11 is 0. The van der Waals surface area contributed by atoms with Crippen LogP contribution in [0.1, 0.15) is 47.0 Å². The molecule has 118 valence electrons. The first-order chi connectivity index (χ1) is 9.35. The van der Waals surface area contributed by atoms with Gasteiger partial charge in [-0.2, -0.15) is 0 Å². The molecule has 0 amide bonds. The van der Waals surface area contributed by atoms with Crippen molar-refractivity contribution in [3.05, 3.63) is 0 Å². The molecule has 0 aliphatic heterocycles. The minimum absolute atomic E-state index is 0.265. The van der Waals surface area contributed by atoms with E-state index in [0.29, 0.717) is 17.7 Å². The highest BCUT2D eigenvalue weighted by Crippen LogP contribution is 2.32. The van der Waals surface area contributed by atoms with Gasteiger partial charge in [-0.25, -0.2) is 0 Å². The van der Waals surface area contributed by atoms with Gasteiger partial charge in [-0.05, 0) is 52.2 Å². The van der Waals surface area contributed by atoms with E-state index < -0.39 is 0 Å². The number of nitrogens with zero attached hydrogens (tertiary/aromatic N) is 2. The SMILES string of the molecule is CCN(CC1CC(C(C)C)CCC1=O)C(C)CN(C)C. The normalized spacial score (nSPS) is 25.8. The number of Topliss-reactive ketones (excluding diaryl/α,β-unsaturated/α-hetero) is 1. The highest BCUT2D eigenvalue weighted by Gasteiger charge is 2.31. The zero-order valence-electron chi connectivity index (χ0n) is 14.4. The topological polar surface area (TPSA) is 23.6 Å². The summed E-state index contributed by atoms with van der Waals surface area (Å²) < 4.78 is 0. The molecule has 1 saturated carbocycles. The van der Waals surface area contributed by atoms with E-state index in [1.807, 2.05) is 0 Å². The van der Waals surface area contributed by atoms with Crippen molar-refractivity contribution in [2.24, 2.45) is 17.8 Å². The van der Waals surface area contributed by atoms with E-state index in [1.165, 1.54) is 0 Å². The Bertz CT molecular complexity index is 301. The first-order valence-corrected chi connectivity index (χ1v) is 8.26.